The molecular weight excluding hydrogens is 322 g/mol. The largest absolute Gasteiger partial charge is 0.493 e. The maximum Gasteiger partial charge on any atom is 0.220 e. The average Bonchev–Trinajstić information content (AvgIpc) is 2.46. The molecule has 1 rings (SSSR count). The van der Waals surface area contributed by atoms with E-state index >= 15 is 0 Å². The molecule has 0 fully saturated rings. The molecule has 0 spiro atoms. The summed E-state index contributed by atoms with van der Waals surface area (Å²) in [4.78, 5) is 11.8. The summed E-state index contributed by atoms with van der Waals surface area (Å²) in [5.74, 6) is 1.44. The van der Waals surface area contributed by atoms with Crippen LogP contribution in [0.1, 0.15) is 37.8 Å². The minimum absolute atomic E-state index is 0.0497. The fourth-order valence-corrected chi connectivity index (χ4v) is 2.30. The fraction of sp³-hybridized carbons (Fsp3) is 0.533. The van der Waals surface area contributed by atoms with Crippen LogP contribution in [-0.4, -0.2) is 25.5 Å². The predicted octanol–water partition coefficient (Wildman–Crippen LogP) is 3.45. The zero-order valence-electron chi connectivity index (χ0n) is 12.2. The highest BCUT2D eigenvalue weighted by Crippen LogP contribution is 2.29. The van der Waals surface area contributed by atoms with Crippen LogP contribution < -0.4 is 14.8 Å². The number of nitrogens with one attached hydrogen (secondary N) is 1. The van der Waals surface area contributed by atoms with Crippen molar-refractivity contribution >= 4 is 21.8 Å². The number of carbonyl (C=O) groups is 1. The fourth-order valence-electron chi connectivity index (χ4n) is 1.90. The predicted molar refractivity (Wildman–Crippen MR) is 83.7 cm³/mol. The van der Waals surface area contributed by atoms with Crippen molar-refractivity contribution in [3.05, 3.63) is 23.8 Å². The zero-order chi connectivity index (χ0) is 15.0. The highest BCUT2D eigenvalue weighted by Gasteiger charge is 2.12. The van der Waals surface area contributed by atoms with E-state index in [9.17, 15) is 4.79 Å². The van der Waals surface area contributed by atoms with Crippen molar-refractivity contribution < 1.29 is 14.3 Å². The lowest BCUT2D eigenvalue weighted by Gasteiger charge is -2.16. The summed E-state index contributed by atoms with van der Waals surface area (Å²) < 4.78 is 10.5. The lowest BCUT2D eigenvalue weighted by atomic mass is 10.1. The maximum atomic E-state index is 11.8. The van der Waals surface area contributed by atoms with Gasteiger partial charge in [0, 0.05) is 11.8 Å². The van der Waals surface area contributed by atoms with E-state index in [-0.39, 0.29) is 11.9 Å². The number of hydrogen-bond acceptors (Lipinski definition) is 3. The summed E-state index contributed by atoms with van der Waals surface area (Å²) in [6.07, 6.45) is 2.47. The van der Waals surface area contributed by atoms with Gasteiger partial charge in [0.1, 0.15) is 0 Å². The number of alkyl halides is 1. The summed E-state index contributed by atoms with van der Waals surface area (Å²) in [6, 6.07) is 5.63. The Morgan fingerprint density at radius 2 is 1.95 bits per heavy atom. The molecular formula is C15H22BrNO3. The van der Waals surface area contributed by atoms with Crippen LogP contribution >= 0.6 is 15.9 Å². The van der Waals surface area contributed by atoms with E-state index in [0.29, 0.717) is 17.9 Å². The molecule has 0 saturated carbocycles. The number of rotatable bonds is 8. The van der Waals surface area contributed by atoms with Crippen molar-refractivity contribution in [3.63, 3.8) is 0 Å². The number of hydrogen-bond donors (Lipinski definition) is 1. The Morgan fingerprint density at radius 3 is 2.55 bits per heavy atom. The van der Waals surface area contributed by atoms with E-state index in [4.69, 9.17) is 9.47 Å². The second-order valence-corrected chi connectivity index (χ2v) is 5.34. The van der Waals surface area contributed by atoms with E-state index < -0.39 is 0 Å². The van der Waals surface area contributed by atoms with Crippen LogP contribution in [0, 0.1) is 0 Å². The molecule has 0 saturated heterocycles. The quantitative estimate of drug-likeness (QED) is 0.580. The van der Waals surface area contributed by atoms with Crippen molar-refractivity contribution in [3.8, 4) is 11.5 Å². The van der Waals surface area contributed by atoms with Gasteiger partial charge in [0.15, 0.2) is 11.5 Å². The van der Waals surface area contributed by atoms with Crippen molar-refractivity contribution in [1.29, 1.82) is 0 Å². The normalized spacial score (nSPS) is 11.8. The molecule has 0 radical (unpaired) electrons. The molecule has 0 aliphatic carbocycles. The van der Waals surface area contributed by atoms with Crippen LogP contribution in [0.3, 0.4) is 0 Å². The lowest BCUT2D eigenvalue weighted by molar-refractivity contribution is -0.121. The molecule has 20 heavy (non-hydrogen) atoms. The van der Waals surface area contributed by atoms with Gasteiger partial charge in [-0.2, -0.15) is 0 Å². The van der Waals surface area contributed by atoms with Gasteiger partial charge in [0.25, 0.3) is 0 Å². The van der Waals surface area contributed by atoms with E-state index in [1.54, 1.807) is 14.2 Å². The highest BCUT2D eigenvalue weighted by atomic mass is 79.9. The Balaban J connectivity index is 2.63. The molecule has 1 N–H and O–H groups in total. The summed E-state index contributed by atoms with van der Waals surface area (Å²) in [5, 5.41) is 3.93. The van der Waals surface area contributed by atoms with Gasteiger partial charge in [0.05, 0.1) is 20.3 Å². The Kier molecular flexibility index (Phi) is 7.44. The van der Waals surface area contributed by atoms with Gasteiger partial charge in [0.2, 0.25) is 5.91 Å². The zero-order valence-corrected chi connectivity index (χ0v) is 13.8. The molecule has 0 heterocycles. The number of amides is 1. The summed E-state index contributed by atoms with van der Waals surface area (Å²) in [6.45, 7) is 1.96. The molecule has 0 aromatic heterocycles. The topological polar surface area (TPSA) is 47.6 Å². The smallest absolute Gasteiger partial charge is 0.220 e. The molecule has 112 valence electrons. The number of ether oxygens (including phenoxy) is 2. The summed E-state index contributed by atoms with van der Waals surface area (Å²) in [5.41, 5.74) is 0.997. The Bertz CT molecular complexity index is 437. The van der Waals surface area contributed by atoms with Gasteiger partial charge < -0.3 is 14.8 Å². The van der Waals surface area contributed by atoms with E-state index in [2.05, 4.69) is 21.2 Å². The third-order valence-electron chi connectivity index (χ3n) is 3.07. The summed E-state index contributed by atoms with van der Waals surface area (Å²) >= 11 is 3.36. The number of halogens is 1. The van der Waals surface area contributed by atoms with Crippen LogP contribution in [0.5, 0.6) is 11.5 Å². The minimum atomic E-state index is -0.0497. The number of methoxy groups -OCH3 is 2. The third-order valence-corrected chi connectivity index (χ3v) is 3.63. The molecule has 5 heteroatoms. The first-order chi connectivity index (χ1) is 9.62. The van der Waals surface area contributed by atoms with Gasteiger partial charge >= 0.3 is 0 Å². The van der Waals surface area contributed by atoms with Crippen molar-refractivity contribution in [2.24, 2.45) is 0 Å². The van der Waals surface area contributed by atoms with Crippen molar-refractivity contribution in [1.82, 2.24) is 5.32 Å². The standard InChI is InChI=1S/C15H22BrNO3/c1-11(17-15(18)6-4-5-9-16)12-7-8-13(19-2)14(10-12)20-3/h7-8,10-11H,4-6,9H2,1-3H3,(H,17,18). The van der Waals surface area contributed by atoms with Crippen molar-refractivity contribution in [2.75, 3.05) is 19.5 Å². The van der Waals surface area contributed by atoms with Gasteiger partial charge in [-0.25, -0.2) is 0 Å². The van der Waals surface area contributed by atoms with Gasteiger partial charge in [-0.1, -0.05) is 22.0 Å². The van der Waals surface area contributed by atoms with Crippen LogP contribution in [-0.2, 0) is 4.79 Å². The second kappa shape index (κ2) is 8.84. The van der Waals surface area contributed by atoms with Crippen LogP contribution in [0.2, 0.25) is 0 Å². The molecule has 0 bridgehead atoms. The van der Waals surface area contributed by atoms with Crippen LogP contribution in [0.15, 0.2) is 18.2 Å². The first-order valence-corrected chi connectivity index (χ1v) is 7.81. The number of carbonyl (C=O) groups excluding carboxylic acids is 1. The monoisotopic (exact) mass is 343 g/mol. The molecule has 4 nitrogen and oxygen atoms in total. The summed E-state index contributed by atoms with van der Waals surface area (Å²) in [7, 11) is 3.21. The Labute approximate surface area is 129 Å². The Morgan fingerprint density at radius 1 is 1.25 bits per heavy atom. The maximum absolute atomic E-state index is 11.8. The second-order valence-electron chi connectivity index (χ2n) is 4.55. The molecule has 0 aliphatic heterocycles. The SMILES string of the molecule is COc1ccc(C(C)NC(=O)CCCCBr)cc1OC. The van der Waals surface area contributed by atoms with E-state index in [1.165, 1.54) is 0 Å². The molecule has 1 unspecified atom stereocenters. The Hall–Kier alpha value is -1.23. The molecule has 1 amide bonds. The highest BCUT2D eigenvalue weighted by molar-refractivity contribution is 9.09. The molecule has 1 atom stereocenters. The number of unbranched alkanes of at least 4 members (excludes halogenated alkanes) is 1. The first kappa shape index (κ1) is 16.8. The average molecular weight is 344 g/mol. The lowest BCUT2D eigenvalue weighted by Crippen LogP contribution is -2.26. The first-order valence-electron chi connectivity index (χ1n) is 6.69. The number of benzene rings is 1. The van der Waals surface area contributed by atoms with E-state index in [0.717, 1.165) is 23.7 Å². The van der Waals surface area contributed by atoms with Gasteiger partial charge in [-0.15, -0.1) is 0 Å². The van der Waals surface area contributed by atoms with E-state index in [1.807, 2.05) is 25.1 Å². The molecule has 1 aromatic carbocycles. The van der Waals surface area contributed by atoms with Crippen LogP contribution in [0.4, 0.5) is 0 Å². The molecule has 0 aliphatic rings. The minimum Gasteiger partial charge on any atom is -0.493 e. The van der Waals surface area contributed by atoms with Crippen LogP contribution in [0.25, 0.3) is 0 Å². The van der Waals surface area contributed by atoms with Crippen molar-refractivity contribution in [2.45, 2.75) is 32.2 Å². The van der Waals surface area contributed by atoms with Gasteiger partial charge in [-0.3, -0.25) is 4.79 Å². The van der Waals surface area contributed by atoms with Gasteiger partial charge in [-0.05, 0) is 37.5 Å². The molecule has 1 aromatic rings. The third kappa shape index (κ3) is 5.04.